The summed E-state index contributed by atoms with van der Waals surface area (Å²) in [5, 5.41) is 2.06. The van der Waals surface area contributed by atoms with E-state index < -0.39 is 11.6 Å². The molecule has 12 heteroatoms. The summed E-state index contributed by atoms with van der Waals surface area (Å²) in [6.07, 6.45) is 4.44. The van der Waals surface area contributed by atoms with Crippen molar-refractivity contribution in [3.63, 3.8) is 0 Å². The van der Waals surface area contributed by atoms with Gasteiger partial charge in [0.15, 0.2) is 11.6 Å². The topological polar surface area (TPSA) is 109 Å². The first-order chi connectivity index (χ1) is 30.1. The molecule has 0 amide bonds. The van der Waals surface area contributed by atoms with Gasteiger partial charge in [-0.25, -0.2) is 23.1 Å². The molecule has 2 N–H and O–H groups in total. The highest BCUT2D eigenvalue weighted by Crippen LogP contribution is 2.34. The maximum absolute atomic E-state index is 13.7. The normalized spacial score (nSPS) is 11.2. The highest BCUT2D eigenvalue weighted by molar-refractivity contribution is 9.10. The summed E-state index contributed by atoms with van der Waals surface area (Å²) in [7, 11) is 0. The number of fused-ring (bicyclic) bond motifs is 2. The number of H-pyrrole nitrogens is 2. The molecule has 0 spiro atoms. The van der Waals surface area contributed by atoms with Gasteiger partial charge in [0, 0.05) is 58.5 Å². The Morgan fingerprint density at radius 1 is 0.484 bits per heavy atom. The predicted octanol–water partition coefficient (Wildman–Crippen LogP) is 12.4. The molecule has 0 aliphatic rings. The van der Waals surface area contributed by atoms with Crippen LogP contribution in [0.2, 0.25) is 0 Å². The Morgan fingerprint density at radius 2 is 0.984 bits per heavy atom. The van der Waals surface area contributed by atoms with Crippen LogP contribution in [0.3, 0.4) is 0 Å². The average Bonchev–Trinajstić information content (AvgIpc) is 3.91. The number of hydrogen-bond acceptors (Lipinski definition) is 6. The van der Waals surface area contributed by atoms with Gasteiger partial charge in [-0.05, 0) is 126 Å². The first-order valence-corrected chi connectivity index (χ1v) is 20.6. The lowest BCUT2D eigenvalue weighted by Gasteiger charge is -2.05. The zero-order valence-corrected chi connectivity index (χ0v) is 35.1. The molecule has 0 radical (unpaired) electrons. The van der Waals surface area contributed by atoms with Gasteiger partial charge in [-0.3, -0.25) is 19.9 Å². The zero-order chi connectivity index (χ0) is 42.7. The molecule has 0 bridgehead atoms. The second-order valence-electron chi connectivity index (χ2n) is 14.8. The quantitative estimate of drug-likeness (QED) is 0.157. The fraction of sp³-hybridized carbons (Fsp3) is 0.0800. The van der Waals surface area contributed by atoms with Crippen LogP contribution >= 0.6 is 15.9 Å². The van der Waals surface area contributed by atoms with E-state index in [-0.39, 0.29) is 5.82 Å². The van der Waals surface area contributed by atoms with Gasteiger partial charge in [-0.1, -0.05) is 48.5 Å². The van der Waals surface area contributed by atoms with Gasteiger partial charge in [0.1, 0.15) is 17.5 Å². The molecular weight excluding hydrogens is 850 g/mol. The number of aromatic amines is 2. The molecule has 304 valence electrons. The number of aryl methyl sites for hydroxylation is 2. The number of nitrogens with zero attached hydrogens (tertiary/aromatic N) is 6. The molecule has 0 saturated carbocycles. The monoisotopic (exact) mass is 884 g/mol. The van der Waals surface area contributed by atoms with Crippen LogP contribution in [-0.4, -0.2) is 39.9 Å². The van der Waals surface area contributed by atoms with Crippen LogP contribution in [0.5, 0.6) is 0 Å². The number of rotatable bonds is 8. The summed E-state index contributed by atoms with van der Waals surface area (Å²) in [5.74, 6) is -0.577. The maximum atomic E-state index is 13.7. The second kappa shape index (κ2) is 17.3. The van der Waals surface area contributed by atoms with E-state index in [0.29, 0.717) is 28.7 Å². The molecule has 0 unspecified atom stereocenters. The summed E-state index contributed by atoms with van der Waals surface area (Å²) >= 11 is 3.26. The van der Waals surface area contributed by atoms with E-state index in [4.69, 9.17) is 15.0 Å². The Hall–Kier alpha value is -7.31. The van der Waals surface area contributed by atoms with Gasteiger partial charge in [-0.2, -0.15) is 0 Å². The Labute approximate surface area is 363 Å². The van der Waals surface area contributed by atoms with Crippen molar-refractivity contribution in [2.24, 2.45) is 0 Å². The van der Waals surface area contributed by atoms with Crippen LogP contribution in [0.15, 0.2) is 150 Å². The van der Waals surface area contributed by atoms with Crippen molar-refractivity contribution in [2.45, 2.75) is 26.7 Å². The fourth-order valence-corrected chi connectivity index (χ4v) is 7.72. The summed E-state index contributed by atoms with van der Waals surface area (Å²) in [4.78, 5) is 34.7. The third-order valence-corrected chi connectivity index (χ3v) is 10.9. The van der Waals surface area contributed by atoms with Crippen molar-refractivity contribution >= 4 is 37.7 Å². The molecule has 4 aromatic carbocycles. The van der Waals surface area contributed by atoms with Gasteiger partial charge in [0.05, 0.1) is 49.7 Å². The number of pyridine rings is 4. The molecule has 10 rings (SSSR count). The molecular formula is C50H36BrF3N8. The average molecular weight is 886 g/mol. The summed E-state index contributed by atoms with van der Waals surface area (Å²) in [6.45, 7) is 3.90. The number of halogens is 4. The van der Waals surface area contributed by atoms with Crippen molar-refractivity contribution in [2.75, 3.05) is 0 Å². The van der Waals surface area contributed by atoms with E-state index in [1.165, 1.54) is 12.1 Å². The van der Waals surface area contributed by atoms with E-state index >= 15 is 0 Å². The lowest BCUT2D eigenvalue weighted by molar-refractivity contribution is 0.507. The second-order valence-corrected chi connectivity index (χ2v) is 15.7. The minimum atomic E-state index is -0.869. The van der Waals surface area contributed by atoms with Crippen molar-refractivity contribution in [3.8, 4) is 45.3 Å². The largest absolute Gasteiger partial charge is 0.340 e. The van der Waals surface area contributed by atoms with Crippen molar-refractivity contribution in [1.82, 2.24) is 39.9 Å². The molecule has 0 aliphatic heterocycles. The number of nitrogens with one attached hydrogen (secondary N) is 2. The van der Waals surface area contributed by atoms with E-state index in [1.807, 2.05) is 105 Å². The highest BCUT2D eigenvalue weighted by Gasteiger charge is 2.19. The number of benzene rings is 4. The van der Waals surface area contributed by atoms with E-state index in [2.05, 4.69) is 46.9 Å². The minimum absolute atomic E-state index is 0.279. The molecule has 62 heavy (non-hydrogen) atoms. The Balaban J connectivity index is 0.000000158. The highest BCUT2D eigenvalue weighted by atomic mass is 79.9. The standard InChI is InChI=1S/C25H18BrFN4.C25H18F2N4/c1-15-4-2-6-22(29-15)25-24(18-8-10-21-17(14-18)5-3-11-28-21)30-23(31-25)13-16-7-9-20(27)19(26)12-16;1-15-4-2-6-22(29-15)25-24(18-8-10-21-17(14-18)5-3-11-28-21)30-23(31-25)13-16-7-9-19(26)20(27)12-16/h2*2-12,14H,13H2,1H3,(H,30,31). The van der Waals surface area contributed by atoms with Crippen LogP contribution < -0.4 is 0 Å². The van der Waals surface area contributed by atoms with Gasteiger partial charge in [-0.15, -0.1) is 0 Å². The summed E-state index contributed by atoms with van der Waals surface area (Å²) in [6, 6.07) is 40.6. The molecule has 8 nitrogen and oxygen atoms in total. The van der Waals surface area contributed by atoms with Gasteiger partial charge in [0.2, 0.25) is 0 Å². The smallest absolute Gasteiger partial charge is 0.159 e. The molecule has 6 heterocycles. The van der Waals surface area contributed by atoms with E-state index in [9.17, 15) is 13.2 Å². The van der Waals surface area contributed by atoms with Gasteiger partial charge in [0.25, 0.3) is 0 Å². The first kappa shape index (κ1) is 40.1. The van der Waals surface area contributed by atoms with E-state index in [0.717, 1.165) is 95.9 Å². The van der Waals surface area contributed by atoms with Gasteiger partial charge >= 0.3 is 0 Å². The Bertz CT molecular complexity index is 3040. The van der Waals surface area contributed by atoms with Crippen LogP contribution in [0.4, 0.5) is 13.2 Å². The number of hydrogen-bond donors (Lipinski definition) is 2. The van der Waals surface area contributed by atoms with Crippen molar-refractivity contribution in [1.29, 1.82) is 0 Å². The molecule has 6 aromatic heterocycles. The van der Waals surface area contributed by atoms with Crippen LogP contribution in [0, 0.1) is 31.3 Å². The fourth-order valence-electron chi connectivity index (χ4n) is 7.30. The Kier molecular flexibility index (Phi) is 11.2. The lowest BCUT2D eigenvalue weighted by Crippen LogP contribution is -1.94. The predicted molar refractivity (Wildman–Crippen MR) is 241 cm³/mol. The Morgan fingerprint density at radius 3 is 1.47 bits per heavy atom. The molecule has 0 fully saturated rings. The summed E-state index contributed by atoms with van der Waals surface area (Å²) in [5.41, 5.74) is 12.0. The zero-order valence-electron chi connectivity index (χ0n) is 33.5. The van der Waals surface area contributed by atoms with Crippen molar-refractivity contribution < 1.29 is 13.2 Å². The number of aromatic nitrogens is 8. The first-order valence-electron chi connectivity index (χ1n) is 19.8. The van der Waals surface area contributed by atoms with Crippen molar-refractivity contribution in [3.05, 3.63) is 202 Å². The molecule has 0 aliphatic carbocycles. The third-order valence-electron chi connectivity index (χ3n) is 10.3. The molecule has 0 atom stereocenters. The van der Waals surface area contributed by atoms with Gasteiger partial charge < -0.3 is 9.97 Å². The molecule has 0 saturated heterocycles. The maximum Gasteiger partial charge on any atom is 0.159 e. The summed E-state index contributed by atoms with van der Waals surface area (Å²) < 4.78 is 41.0. The van der Waals surface area contributed by atoms with Crippen LogP contribution in [0.1, 0.15) is 34.2 Å². The van der Waals surface area contributed by atoms with Crippen LogP contribution in [-0.2, 0) is 12.8 Å². The SMILES string of the molecule is Cc1cccc(-c2[nH]c(Cc3ccc(F)c(Br)c3)nc2-c2ccc3ncccc3c2)n1.Cc1cccc(-c2[nH]c(Cc3ccc(F)c(F)c3)nc2-c2ccc3ncccc3c2)n1. The third kappa shape index (κ3) is 8.77. The van der Waals surface area contributed by atoms with E-state index in [1.54, 1.807) is 30.6 Å². The minimum Gasteiger partial charge on any atom is -0.340 e. The molecule has 10 aromatic rings. The lowest BCUT2D eigenvalue weighted by atomic mass is 10.1. The van der Waals surface area contributed by atoms with Crippen LogP contribution in [0.25, 0.3) is 67.1 Å². The number of imidazole rings is 2.